The Hall–Kier alpha value is -1.42. The van der Waals surface area contributed by atoms with Gasteiger partial charge in [0.1, 0.15) is 0 Å². The van der Waals surface area contributed by atoms with Crippen LogP contribution in [0.4, 0.5) is 0 Å². The van der Waals surface area contributed by atoms with Crippen molar-refractivity contribution in [2.75, 3.05) is 0 Å². The lowest BCUT2D eigenvalue weighted by Gasteiger charge is -2.29. The molecule has 0 spiro atoms. The first-order valence-corrected chi connectivity index (χ1v) is 7.72. The van der Waals surface area contributed by atoms with E-state index in [0.29, 0.717) is 11.8 Å². The molecule has 3 rings (SSSR count). The summed E-state index contributed by atoms with van der Waals surface area (Å²) in [7, 11) is 0. The minimum Gasteiger partial charge on any atom is -0.375 e. The molecule has 1 aliphatic heterocycles. The molecule has 0 saturated carbocycles. The van der Waals surface area contributed by atoms with Crippen LogP contribution in [0.1, 0.15) is 32.4 Å². The van der Waals surface area contributed by atoms with E-state index in [4.69, 9.17) is 10.6 Å². The summed E-state index contributed by atoms with van der Waals surface area (Å²) in [6, 6.07) is 15.0. The van der Waals surface area contributed by atoms with E-state index in [9.17, 15) is 0 Å². The van der Waals surface area contributed by atoms with Gasteiger partial charge in [-0.1, -0.05) is 49.4 Å². The van der Waals surface area contributed by atoms with Crippen LogP contribution in [-0.4, -0.2) is 12.2 Å². The molecule has 3 nitrogen and oxygen atoms in total. The maximum Gasteiger partial charge on any atom is 0.0601 e. The fourth-order valence-electron chi connectivity index (χ4n) is 3.80. The van der Waals surface area contributed by atoms with Crippen molar-refractivity contribution in [3.05, 3.63) is 48.0 Å². The molecule has 0 bridgehead atoms. The highest BCUT2D eigenvalue weighted by Crippen LogP contribution is 2.41. The van der Waals surface area contributed by atoms with Gasteiger partial charge in [-0.2, -0.15) is 0 Å². The maximum atomic E-state index is 6.01. The third-order valence-corrected chi connectivity index (χ3v) is 5.04. The Morgan fingerprint density at radius 1 is 1.00 bits per heavy atom. The highest BCUT2D eigenvalue weighted by Gasteiger charge is 2.42. The van der Waals surface area contributed by atoms with E-state index >= 15 is 0 Å². The lowest BCUT2D eigenvalue weighted by molar-refractivity contribution is 0.0475. The van der Waals surface area contributed by atoms with Gasteiger partial charge >= 0.3 is 0 Å². The van der Waals surface area contributed by atoms with Gasteiger partial charge in [0, 0.05) is 5.92 Å². The Balaban J connectivity index is 2.07. The molecule has 0 aliphatic carbocycles. The van der Waals surface area contributed by atoms with Gasteiger partial charge in [0.2, 0.25) is 0 Å². The second-order valence-electron chi connectivity index (χ2n) is 6.20. The van der Waals surface area contributed by atoms with Gasteiger partial charge in [0.25, 0.3) is 0 Å². The van der Waals surface area contributed by atoms with Gasteiger partial charge in [-0.15, -0.1) is 0 Å². The zero-order chi connectivity index (χ0) is 15.0. The lowest BCUT2D eigenvalue weighted by Crippen LogP contribution is -2.38. The third kappa shape index (κ3) is 2.46. The molecule has 0 radical (unpaired) electrons. The van der Waals surface area contributed by atoms with Crippen LogP contribution < -0.4 is 11.3 Å². The van der Waals surface area contributed by atoms with Gasteiger partial charge in [-0.3, -0.25) is 11.3 Å². The molecular weight excluding hydrogens is 260 g/mol. The predicted octanol–water partition coefficient (Wildman–Crippen LogP) is 3.40. The van der Waals surface area contributed by atoms with Crippen molar-refractivity contribution in [2.45, 2.75) is 39.0 Å². The van der Waals surface area contributed by atoms with Crippen molar-refractivity contribution in [1.82, 2.24) is 5.43 Å². The van der Waals surface area contributed by atoms with E-state index in [2.05, 4.69) is 68.7 Å². The normalized spacial score (nSPS) is 30.7. The molecule has 1 saturated heterocycles. The summed E-state index contributed by atoms with van der Waals surface area (Å²) in [5.74, 6) is 6.78. The summed E-state index contributed by atoms with van der Waals surface area (Å²) in [4.78, 5) is 0. The van der Waals surface area contributed by atoms with Crippen molar-refractivity contribution in [2.24, 2.45) is 17.7 Å². The predicted molar refractivity (Wildman–Crippen MR) is 86.7 cm³/mol. The summed E-state index contributed by atoms with van der Waals surface area (Å²) in [6.45, 7) is 6.56. The van der Waals surface area contributed by atoms with Crippen LogP contribution in [0.2, 0.25) is 0 Å². The van der Waals surface area contributed by atoms with E-state index in [-0.39, 0.29) is 18.2 Å². The Morgan fingerprint density at radius 3 is 2.38 bits per heavy atom. The second kappa shape index (κ2) is 5.76. The van der Waals surface area contributed by atoms with Gasteiger partial charge < -0.3 is 4.74 Å². The van der Waals surface area contributed by atoms with Crippen molar-refractivity contribution < 1.29 is 4.74 Å². The van der Waals surface area contributed by atoms with Crippen LogP contribution in [0.5, 0.6) is 0 Å². The summed E-state index contributed by atoms with van der Waals surface area (Å²) >= 11 is 0. The number of hydrogen-bond acceptors (Lipinski definition) is 3. The summed E-state index contributed by atoms with van der Waals surface area (Å²) < 4.78 is 6.01. The molecule has 3 N–H and O–H groups in total. The van der Waals surface area contributed by atoms with Gasteiger partial charge in [0.05, 0.1) is 18.2 Å². The quantitative estimate of drug-likeness (QED) is 0.671. The molecule has 0 amide bonds. The number of nitrogens with one attached hydrogen (secondary N) is 1. The molecule has 21 heavy (non-hydrogen) atoms. The van der Waals surface area contributed by atoms with E-state index in [1.165, 1.54) is 16.3 Å². The smallest absolute Gasteiger partial charge is 0.0601 e. The minimum atomic E-state index is 0.103. The van der Waals surface area contributed by atoms with Crippen LogP contribution in [0.15, 0.2) is 42.5 Å². The molecule has 112 valence electrons. The highest BCUT2D eigenvalue weighted by molar-refractivity contribution is 5.86. The first-order chi connectivity index (χ1) is 10.1. The van der Waals surface area contributed by atoms with Crippen molar-refractivity contribution in [1.29, 1.82) is 0 Å². The lowest BCUT2D eigenvalue weighted by atomic mass is 9.79. The topological polar surface area (TPSA) is 47.3 Å². The number of nitrogens with two attached hydrogens (primary N) is 1. The first kappa shape index (κ1) is 14.5. The highest BCUT2D eigenvalue weighted by atomic mass is 16.5. The van der Waals surface area contributed by atoms with Crippen LogP contribution in [0, 0.1) is 11.8 Å². The molecule has 1 heterocycles. The zero-order valence-electron chi connectivity index (χ0n) is 12.9. The fraction of sp³-hybridized carbons (Fsp3) is 0.444. The van der Waals surface area contributed by atoms with Gasteiger partial charge in [-0.25, -0.2) is 0 Å². The third-order valence-electron chi connectivity index (χ3n) is 5.04. The van der Waals surface area contributed by atoms with E-state index in [0.717, 1.165) is 0 Å². The Kier molecular flexibility index (Phi) is 3.98. The van der Waals surface area contributed by atoms with E-state index < -0.39 is 0 Å². The first-order valence-electron chi connectivity index (χ1n) is 7.72. The standard InChI is InChI=1S/C18H24N2O/c1-11-12(2)21-13(3)17(11)18(20-19)16-10-6-8-14-7-4-5-9-15(14)16/h4-13,17-18,20H,19H2,1-3H3. The molecule has 2 aromatic rings. The molecule has 0 aromatic heterocycles. The average molecular weight is 284 g/mol. The minimum absolute atomic E-state index is 0.103. The summed E-state index contributed by atoms with van der Waals surface area (Å²) in [5.41, 5.74) is 4.31. The summed E-state index contributed by atoms with van der Waals surface area (Å²) in [5, 5.41) is 2.52. The zero-order valence-corrected chi connectivity index (χ0v) is 12.9. The number of fused-ring (bicyclic) bond motifs is 1. The van der Waals surface area contributed by atoms with E-state index in [1.807, 2.05) is 0 Å². The number of hydrogen-bond donors (Lipinski definition) is 2. The van der Waals surface area contributed by atoms with Crippen molar-refractivity contribution >= 4 is 10.8 Å². The Morgan fingerprint density at radius 2 is 1.71 bits per heavy atom. The molecule has 2 aromatic carbocycles. The van der Waals surface area contributed by atoms with Crippen LogP contribution >= 0.6 is 0 Å². The van der Waals surface area contributed by atoms with Crippen LogP contribution in [0.25, 0.3) is 10.8 Å². The van der Waals surface area contributed by atoms with Gasteiger partial charge in [0.15, 0.2) is 0 Å². The van der Waals surface area contributed by atoms with Crippen molar-refractivity contribution in [3.8, 4) is 0 Å². The Labute approximate surface area is 126 Å². The molecule has 1 fully saturated rings. The van der Waals surface area contributed by atoms with Gasteiger partial charge in [-0.05, 0) is 36.1 Å². The fourth-order valence-corrected chi connectivity index (χ4v) is 3.80. The number of ether oxygens (including phenoxy) is 1. The van der Waals surface area contributed by atoms with Crippen LogP contribution in [-0.2, 0) is 4.74 Å². The largest absolute Gasteiger partial charge is 0.375 e. The molecule has 1 aliphatic rings. The average Bonchev–Trinajstić information content (AvgIpc) is 2.75. The SMILES string of the molecule is CC1OC(C)C(C(NN)c2cccc3ccccc23)C1C. The summed E-state index contributed by atoms with van der Waals surface area (Å²) in [6.07, 6.45) is 0.478. The monoisotopic (exact) mass is 284 g/mol. The van der Waals surface area contributed by atoms with Crippen molar-refractivity contribution in [3.63, 3.8) is 0 Å². The second-order valence-corrected chi connectivity index (χ2v) is 6.20. The Bertz CT molecular complexity index is 622. The maximum absolute atomic E-state index is 6.01. The van der Waals surface area contributed by atoms with Crippen LogP contribution in [0.3, 0.4) is 0 Å². The molecule has 3 heteroatoms. The van der Waals surface area contributed by atoms with E-state index in [1.54, 1.807) is 0 Å². The number of hydrazine groups is 1. The number of rotatable bonds is 3. The molecule has 5 unspecified atom stereocenters. The molecule has 5 atom stereocenters. The molecular formula is C18H24N2O. The number of benzene rings is 2.